The van der Waals surface area contributed by atoms with Gasteiger partial charge in [-0.2, -0.15) is 11.8 Å². The summed E-state index contributed by atoms with van der Waals surface area (Å²) in [4.78, 5) is 0. The van der Waals surface area contributed by atoms with Gasteiger partial charge in [-0.05, 0) is 6.26 Å². The molecule has 0 fully saturated rings. The molecule has 0 bridgehead atoms. The standard InChI is InChI=1S/C10H15NO2S.HI/c1-7-10(13)9(5-12)8(6-14-3)4-11(7)2;/h4,12H,5-6H2,1-3H3;1H. The van der Waals surface area contributed by atoms with Gasteiger partial charge in [0.25, 0.3) is 0 Å². The third-order valence-electron chi connectivity index (χ3n) is 2.35. The number of aryl methyl sites for hydroxylation is 1. The molecular weight excluding hydrogens is 325 g/mol. The summed E-state index contributed by atoms with van der Waals surface area (Å²) in [5, 5.41) is 19.0. The molecule has 3 nitrogen and oxygen atoms in total. The van der Waals surface area contributed by atoms with Gasteiger partial charge in [0.05, 0.1) is 6.61 Å². The summed E-state index contributed by atoms with van der Waals surface area (Å²) in [7, 11) is 1.89. The quantitative estimate of drug-likeness (QED) is 0.488. The van der Waals surface area contributed by atoms with Crippen LogP contribution in [0.25, 0.3) is 0 Å². The fourth-order valence-electron chi connectivity index (χ4n) is 1.40. The Bertz CT molecular complexity index is 345. The van der Waals surface area contributed by atoms with E-state index in [2.05, 4.69) is 0 Å². The molecule has 0 radical (unpaired) electrons. The van der Waals surface area contributed by atoms with Crippen molar-refractivity contribution < 1.29 is 38.8 Å². The zero-order valence-electron chi connectivity index (χ0n) is 9.12. The maximum absolute atomic E-state index is 9.80. The summed E-state index contributed by atoms with van der Waals surface area (Å²) in [6.07, 6.45) is 3.95. The maximum atomic E-state index is 9.80. The van der Waals surface area contributed by atoms with Crippen molar-refractivity contribution in [1.29, 1.82) is 0 Å². The highest BCUT2D eigenvalue weighted by Gasteiger charge is 2.17. The minimum Gasteiger partial charge on any atom is -1.00 e. The van der Waals surface area contributed by atoms with Crippen molar-refractivity contribution in [3.63, 3.8) is 0 Å². The molecule has 0 aromatic carbocycles. The van der Waals surface area contributed by atoms with Gasteiger partial charge in [-0.3, -0.25) is 0 Å². The Morgan fingerprint density at radius 2 is 2.07 bits per heavy atom. The Labute approximate surface area is 112 Å². The van der Waals surface area contributed by atoms with E-state index in [0.29, 0.717) is 5.56 Å². The molecule has 1 heterocycles. The average molecular weight is 341 g/mol. The second-order valence-electron chi connectivity index (χ2n) is 3.27. The van der Waals surface area contributed by atoms with Crippen molar-refractivity contribution >= 4 is 11.8 Å². The van der Waals surface area contributed by atoms with Gasteiger partial charge in [-0.15, -0.1) is 0 Å². The number of aliphatic hydroxyl groups excluding tert-OH is 1. The highest BCUT2D eigenvalue weighted by Crippen LogP contribution is 2.24. The van der Waals surface area contributed by atoms with Crippen molar-refractivity contribution in [2.45, 2.75) is 19.3 Å². The van der Waals surface area contributed by atoms with Crippen LogP contribution in [-0.4, -0.2) is 16.5 Å². The van der Waals surface area contributed by atoms with E-state index in [1.165, 1.54) is 0 Å². The molecule has 0 saturated heterocycles. The van der Waals surface area contributed by atoms with E-state index in [9.17, 15) is 5.11 Å². The van der Waals surface area contributed by atoms with E-state index < -0.39 is 0 Å². The van der Waals surface area contributed by atoms with Crippen molar-refractivity contribution in [1.82, 2.24) is 0 Å². The van der Waals surface area contributed by atoms with Crippen LogP contribution in [0.15, 0.2) is 6.20 Å². The summed E-state index contributed by atoms with van der Waals surface area (Å²) in [5.74, 6) is 1.01. The van der Waals surface area contributed by atoms with Crippen molar-refractivity contribution in [2.75, 3.05) is 6.26 Å². The highest BCUT2D eigenvalue weighted by molar-refractivity contribution is 7.97. The molecule has 2 N–H and O–H groups in total. The van der Waals surface area contributed by atoms with Crippen LogP contribution in [0.3, 0.4) is 0 Å². The summed E-state index contributed by atoms with van der Waals surface area (Å²) < 4.78 is 1.88. The van der Waals surface area contributed by atoms with Gasteiger partial charge < -0.3 is 34.2 Å². The number of aromatic nitrogens is 1. The zero-order valence-corrected chi connectivity index (χ0v) is 12.1. The largest absolute Gasteiger partial charge is 1.00 e. The van der Waals surface area contributed by atoms with Crippen LogP contribution in [0.1, 0.15) is 16.8 Å². The fourth-order valence-corrected chi connectivity index (χ4v) is 1.96. The number of hydrogen-bond donors (Lipinski definition) is 2. The molecule has 5 heteroatoms. The van der Waals surface area contributed by atoms with Gasteiger partial charge in [0.2, 0.25) is 5.69 Å². The van der Waals surface area contributed by atoms with Crippen molar-refractivity contribution in [2.24, 2.45) is 7.05 Å². The second-order valence-corrected chi connectivity index (χ2v) is 4.13. The smallest absolute Gasteiger partial charge is 0.220 e. The van der Waals surface area contributed by atoms with Crippen molar-refractivity contribution in [3.8, 4) is 5.75 Å². The predicted molar refractivity (Wildman–Crippen MR) is 57.2 cm³/mol. The molecule has 1 aromatic heterocycles. The molecule has 0 amide bonds. The molecule has 0 atom stereocenters. The summed E-state index contributed by atoms with van der Waals surface area (Å²) in [5.41, 5.74) is 2.42. The second kappa shape index (κ2) is 6.55. The number of rotatable bonds is 3. The minimum atomic E-state index is -0.108. The van der Waals surface area contributed by atoms with Crippen LogP contribution in [-0.2, 0) is 19.4 Å². The Hall–Kier alpha value is -0.0100. The monoisotopic (exact) mass is 341 g/mol. The van der Waals surface area contributed by atoms with Crippen LogP contribution >= 0.6 is 11.8 Å². The van der Waals surface area contributed by atoms with Crippen LogP contribution in [0.4, 0.5) is 0 Å². The van der Waals surface area contributed by atoms with Crippen LogP contribution in [0.2, 0.25) is 0 Å². The Balaban J connectivity index is 0.00000196. The summed E-state index contributed by atoms with van der Waals surface area (Å²) in [6.45, 7) is 1.72. The van der Waals surface area contributed by atoms with E-state index in [0.717, 1.165) is 17.0 Å². The molecule has 15 heavy (non-hydrogen) atoms. The molecule has 1 rings (SSSR count). The zero-order chi connectivity index (χ0) is 10.7. The molecule has 0 aliphatic rings. The number of aromatic hydroxyl groups is 1. The topological polar surface area (TPSA) is 44.3 Å². The van der Waals surface area contributed by atoms with Gasteiger partial charge in [-0.25, -0.2) is 4.57 Å². The van der Waals surface area contributed by atoms with Gasteiger partial charge in [0.15, 0.2) is 11.9 Å². The molecule has 0 spiro atoms. The lowest BCUT2D eigenvalue weighted by molar-refractivity contribution is -0.678. The van der Waals surface area contributed by atoms with E-state index in [1.807, 2.05) is 31.0 Å². The number of nitrogens with zero attached hydrogens (tertiary/aromatic N) is 1. The predicted octanol–water partition coefficient (Wildman–Crippen LogP) is -2.12. The average Bonchev–Trinajstić information content (AvgIpc) is 2.16. The highest BCUT2D eigenvalue weighted by atomic mass is 127. The third-order valence-corrected chi connectivity index (χ3v) is 2.95. The molecular formula is C10H16INO2S. The van der Waals surface area contributed by atoms with Crippen molar-refractivity contribution in [3.05, 3.63) is 23.0 Å². The normalized spacial score (nSPS) is 9.87. The van der Waals surface area contributed by atoms with Gasteiger partial charge in [0, 0.05) is 23.8 Å². The lowest BCUT2D eigenvalue weighted by atomic mass is 10.1. The van der Waals surface area contributed by atoms with Gasteiger partial charge >= 0.3 is 0 Å². The van der Waals surface area contributed by atoms with Crippen LogP contribution < -0.4 is 28.5 Å². The Kier molecular flexibility index (Phi) is 6.54. The number of thioether (sulfide) groups is 1. The maximum Gasteiger partial charge on any atom is 0.220 e. The van der Waals surface area contributed by atoms with E-state index in [1.54, 1.807) is 11.8 Å². The molecule has 1 aromatic rings. The number of pyridine rings is 1. The Morgan fingerprint density at radius 1 is 1.47 bits per heavy atom. The van der Waals surface area contributed by atoms with Gasteiger partial charge in [-0.1, -0.05) is 0 Å². The SMILES string of the molecule is CSCc1c[n+](C)c(C)c(O)c1CO.[I-]. The fraction of sp³-hybridized carbons (Fsp3) is 0.500. The van der Waals surface area contributed by atoms with E-state index in [4.69, 9.17) is 5.11 Å². The molecule has 0 aliphatic carbocycles. The number of aliphatic hydroxyl groups is 1. The summed E-state index contributed by atoms with van der Waals surface area (Å²) >= 11 is 1.67. The van der Waals surface area contributed by atoms with Crippen LogP contribution in [0, 0.1) is 6.92 Å². The minimum absolute atomic E-state index is 0. The molecule has 0 aliphatic heterocycles. The first-order valence-corrected chi connectivity index (χ1v) is 5.81. The molecule has 0 unspecified atom stereocenters. The van der Waals surface area contributed by atoms with E-state index >= 15 is 0 Å². The number of hydrogen-bond acceptors (Lipinski definition) is 3. The first-order valence-electron chi connectivity index (χ1n) is 4.41. The first kappa shape index (κ1) is 15.0. The number of halogens is 1. The lowest BCUT2D eigenvalue weighted by Gasteiger charge is -2.08. The first-order chi connectivity index (χ1) is 6.61. The third kappa shape index (κ3) is 3.22. The lowest BCUT2D eigenvalue weighted by Crippen LogP contribution is -3.00. The van der Waals surface area contributed by atoms with Crippen LogP contribution in [0.5, 0.6) is 5.75 Å². The van der Waals surface area contributed by atoms with Gasteiger partial charge in [0.1, 0.15) is 7.05 Å². The molecule has 0 saturated carbocycles. The molecule has 86 valence electrons. The summed E-state index contributed by atoms with van der Waals surface area (Å²) in [6, 6.07) is 0. The van der Waals surface area contributed by atoms with E-state index in [-0.39, 0.29) is 36.3 Å². The Morgan fingerprint density at radius 3 is 2.53 bits per heavy atom.